The molecule has 7 heteroatoms. The Morgan fingerprint density at radius 3 is 2.20 bits per heavy atom. The lowest BCUT2D eigenvalue weighted by Crippen LogP contribution is -2.15. The number of nitrogens with one attached hydrogen (secondary N) is 2. The van der Waals surface area contributed by atoms with Gasteiger partial charge >= 0.3 is 0 Å². The van der Waals surface area contributed by atoms with Crippen LogP contribution in [0.15, 0.2) is 42.6 Å². The van der Waals surface area contributed by atoms with Crippen molar-refractivity contribution in [3.63, 3.8) is 0 Å². The monoisotopic (exact) mass is 293 g/mol. The van der Waals surface area contributed by atoms with Crippen LogP contribution in [0.5, 0.6) is 0 Å². The van der Waals surface area contributed by atoms with Crippen molar-refractivity contribution in [1.82, 2.24) is 4.57 Å². The molecule has 0 aliphatic carbocycles. The van der Waals surface area contributed by atoms with Gasteiger partial charge in [0.25, 0.3) is 5.91 Å². The van der Waals surface area contributed by atoms with Gasteiger partial charge in [-0.3, -0.25) is 9.52 Å². The number of anilines is 2. The Morgan fingerprint density at radius 1 is 1.10 bits per heavy atom. The van der Waals surface area contributed by atoms with Crippen LogP contribution >= 0.6 is 0 Å². The summed E-state index contributed by atoms with van der Waals surface area (Å²) in [6.07, 6.45) is 2.87. The first-order chi connectivity index (χ1) is 9.35. The minimum atomic E-state index is -3.29. The molecule has 1 amide bonds. The minimum Gasteiger partial charge on any atom is -0.347 e. The summed E-state index contributed by atoms with van der Waals surface area (Å²) in [4.78, 5) is 12.0. The highest BCUT2D eigenvalue weighted by atomic mass is 32.2. The molecule has 0 aliphatic rings. The Hall–Kier alpha value is -2.28. The first kappa shape index (κ1) is 14.1. The minimum absolute atomic E-state index is 0.221. The molecular formula is C13H15N3O3S. The number of hydrogen-bond donors (Lipinski definition) is 2. The van der Waals surface area contributed by atoms with Gasteiger partial charge in [0.15, 0.2) is 0 Å². The Kier molecular flexibility index (Phi) is 3.80. The lowest BCUT2D eigenvalue weighted by molar-refractivity contribution is 0.101. The van der Waals surface area contributed by atoms with Crippen LogP contribution < -0.4 is 10.0 Å². The molecule has 1 aromatic carbocycles. The lowest BCUT2D eigenvalue weighted by atomic mass is 10.3. The van der Waals surface area contributed by atoms with Crippen LogP contribution in [0.2, 0.25) is 0 Å². The number of aromatic nitrogens is 1. The zero-order valence-electron chi connectivity index (χ0n) is 11.1. The highest BCUT2D eigenvalue weighted by molar-refractivity contribution is 7.92. The fourth-order valence-corrected chi connectivity index (χ4v) is 2.29. The van der Waals surface area contributed by atoms with E-state index in [0.717, 1.165) is 6.26 Å². The van der Waals surface area contributed by atoms with Crippen molar-refractivity contribution >= 4 is 27.3 Å². The third-order valence-electron chi connectivity index (χ3n) is 2.62. The van der Waals surface area contributed by atoms with Crippen molar-refractivity contribution < 1.29 is 13.2 Å². The van der Waals surface area contributed by atoms with E-state index in [9.17, 15) is 13.2 Å². The summed E-state index contributed by atoms with van der Waals surface area (Å²) >= 11 is 0. The molecular weight excluding hydrogens is 278 g/mol. The third kappa shape index (κ3) is 3.61. The molecule has 0 bridgehead atoms. The number of aryl methyl sites for hydroxylation is 1. The highest BCUT2D eigenvalue weighted by Gasteiger charge is 2.09. The van der Waals surface area contributed by atoms with E-state index in [2.05, 4.69) is 10.0 Å². The molecule has 0 atom stereocenters. The molecule has 0 aliphatic heterocycles. The van der Waals surface area contributed by atoms with Gasteiger partial charge in [-0.05, 0) is 36.4 Å². The van der Waals surface area contributed by atoms with Crippen molar-refractivity contribution in [2.75, 3.05) is 16.3 Å². The second-order valence-electron chi connectivity index (χ2n) is 4.41. The first-order valence-corrected chi connectivity index (χ1v) is 7.75. The van der Waals surface area contributed by atoms with E-state index in [0.29, 0.717) is 17.1 Å². The predicted octanol–water partition coefficient (Wildman–Crippen LogP) is 1.65. The topological polar surface area (TPSA) is 80.2 Å². The summed E-state index contributed by atoms with van der Waals surface area (Å²) in [5, 5.41) is 2.74. The second kappa shape index (κ2) is 5.38. The molecule has 0 saturated carbocycles. The third-order valence-corrected chi connectivity index (χ3v) is 3.23. The maximum absolute atomic E-state index is 12.0. The molecule has 0 unspecified atom stereocenters. The number of amides is 1. The molecule has 0 saturated heterocycles. The average molecular weight is 293 g/mol. The van der Waals surface area contributed by atoms with Gasteiger partial charge in [-0.15, -0.1) is 0 Å². The van der Waals surface area contributed by atoms with Crippen molar-refractivity contribution in [2.45, 2.75) is 0 Å². The summed E-state index contributed by atoms with van der Waals surface area (Å²) < 4.78 is 26.2. The highest BCUT2D eigenvalue weighted by Crippen LogP contribution is 2.15. The van der Waals surface area contributed by atoms with Gasteiger partial charge in [0.1, 0.15) is 5.69 Å². The van der Waals surface area contributed by atoms with E-state index >= 15 is 0 Å². The van der Waals surface area contributed by atoms with E-state index in [-0.39, 0.29) is 5.91 Å². The predicted molar refractivity (Wildman–Crippen MR) is 78.3 cm³/mol. The molecule has 6 nitrogen and oxygen atoms in total. The molecule has 106 valence electrons. The quantitative estimate of drug-likeness (QED) is 0.899. The molecule has 2 rings (SSSR count). The van der Waals surface area contributed by atoms with Crippen molar-refractivity contribution in [3.8, 4) is 0 Å². The molecule has 2 aromatic rings. The van der Waals surface area contributed by atoms with E-state index in [4.69, 9.17) is 0 Å². The normalized spacial score (nSPS) is 11.1. The number of carbonyl (C=O) groups is 1. The Bertz CT molecular complexity index is 718. The summed E-state index contributed by atoms with van der Waals surface area (Å²) in [7, 11) is -1.51. The summed E-state index contributed by atoms with van der Waals surface area (Å²) in [6.45, 7) is 0. The Labute approximate surface area is 117 Å². The van der Waals surface area contributed by atoms with Gasteiger partial charge < -0.3 is 9.88 Å². The first-order valence-electron chi connectivity index (χ1n) is 5.86. The van der Waals surface area contributed by atoms with Crippen LogP contribution in [0.25, 0.3) is 0 Å². The number of carbonyl (C=O) groups excluding carboxylic acids is 1. The fourth-order valence-electron chi connectivity index (χ4n) is 1.73. The van der Waals surface area contributed by atoms with E-state index in [1.807, 2.05) is 0 Å². The number of hydrogen-bond acceptors (Lipinski definition) is 3. The summed E-state index contributed by atoms with van der Waals surface area (Å²) in [5.41, 5.74) is 1.59. The van der Waals surface area contributed by atoms with Gasteiger partial charge in [0, 0.05) is 24.6 Å². The number of rotatable bonds is 4. The number of benzene rings is 1. The van der Waals surface area contributed by atoms with Gasteiger partial charge in [0.2, 0.25) is 10.0 Å². The largest absolute Gasteiger partial charge is 0.347 e. The van der Waals surface area contributed by atoms with Crippen LogP contribution in [-0.4, -0.2) is 25.1 Å². The second-order valence-corrected chi connectivity index (χ2v) is 6.16. The Balaban J connectivity index is 2.08. The lowest BCUT2D eigenvalue weighted by Gasteiger charge is -2.08. The molecule has 0 radical (unpaired) electrons. The van der Waals surface area contributed by atoms with Crippen LogP contribution in [0, 0.1) is 0 Å². The van der Waals surface area contributed by atoms with Crippen LogP contribution in [-0.2, 0) is 17.1 Å². The molecule has 1 heterocycles. The van der Waals surface area contributed by atoms with Gasteiger partial charge in [-0.25, -0.2) is 8.42 Å². The van der Waals surface area contributed by atoms with Gasteiger partial charge in [0.05, 0.1) is 6.26 Å². The molecule has 1 aromatic heterocycles. The van der Waals surface area contributed by atoms with Crippen molar-refractivity contribution in [1.29, 1.82) is 0 Å². The van der Waals surface area contributed by atoms with Crippen molar-refractivity contribution in [3.05, 3.63) is 48.3 Å². The van der Waals surface area contributed by atoms with Gasteiger partial charge in [-0.1, -0.05) is 0 Å². The molecule has 0 fully saturated rings. The van der Waals surface area contributed by atoms with E-state index in [1.54, 1.807) is 54.2 Å². The maximum atomic E-state index is 12.0. The zero-order valence-corrected chi connectivity index (χ0v) is 11.9. The summed E-state index contributed by atoms with van der Waals surface area (Å²) in [6, 6.07) is 9.94. The van der Waals surface area contributed by atoms with Crippen LogP contribution in [0.3, 0.4) is 0 Å². The molecule has 0 spiro atoms. The van der Waals surface area contributed by atoms with Crippen molar-refractivity contribution in [2.24, 2.45) is 7.05 Å². The maximum Gasteiger partial charge on any atom is 0.272 e. The zero-order chi connectivity index (χ0) is 14.8. The SMILES string of the molecule is Cn1cccc1C(=O)Nc1ccc(NS(C)(=O)=O)cc1. The van der Waals surface area contributed by atoms with Crippen LogP contribution in [0.1, 0.15) is 10.5 Å². The number of nitrogens with zero attached hydrogens (tertiary/aromatic N) is 1. The standard InChI is InChI=1S/C13H15N3O3S/c1-16-9-3-4-12(16)13(17)14-10-5-7-11(8-6-10)15-20(2,18)19/h3-9,15H,1-2H3,(H,14,17). The average Bonchev–Trinajstić information content (AvgIpc) is 2.76. The van der Waals surface area contributed by atoms with Crippen LogP contribution in [0.4, 0.5) is 11.4 Å². The van der Waals surface area contributed by atoms with E-state index in [1.165, 1.54) is 0 Å². The summed E-state index contributed by atoms with van der Waals surface area (Å²) in [5.74, 6) is -0.221. The number of sulfonamides is 1. The fraction of sp³-hybridized carbons (Fsp3) is 0.154. The Morgan fingerprint density at radius 2 is 1.70 bits per heavy atom. The molecule has 2 N–H and O–H groups in total. The molecule has 20 heavy (non-hydrogen) atoms. The van der Waals surface area contributed by atoms with E-state index < -0.39 is 10.0 Å². The smallest absolute Gasteiger partial charge is 0.272 e. The van der Waals surface area contributed by atoms with Gasteiger partial charge in [-0.2, -0.15) is 0 Å².